The monoisotopic (exact) mass is 658 g/mol. The number of aliphatic hydroxyl groups excluding tert-OH is 1. The first kappa shape index (κ1) is 36.4. The molecule has 3 aromatic rings. The molecule has 0 unspecified atom stereocenters. The van der Waals surface area contributed by atoms with E-state index in [0.717, 1.165) is 18.5 Å². The number of fused-ring (bicyclic) bond motifs is 1. The summed E-state index contributed by atoms with van der Waals surface area (Å²) in [6.07, 6.45) is 0.962. The quantitative estimate of drug-likeness (QED) is 0.202. The maximum atomic E-state index is 13.6. The Balaban J connectivity index is 1.47. The van der Waals surface area contributed by atoms with E-state index in [1.807, 2.05) is 75.4 Å². The SMILES string of the molecule is C[C@@H]1CN([C@@H](C)CO)C(=O)Cc2cc(NC(=O)CCCN(C)C)ccc2O[C@H]1CN(C)Cc1ccc(C(=O)Nc2ccccc2N)cc1. The Morgan fingerprint density at radius 1 is 1.06 bits per heavy atom. The summed E-state index contributed by atoms with van der Waals surface area (Å²) in [5.41, 5.74) is 9.91. The van der Waals surface area contributed by atoms with Gasteiger partial charge in [0, 0.05) is 48.8 Å². The lowest BCUT2D eigenvalue weighted by atomic mass is 10.0. The van der Waals surface area contributed by atoms with Gasteiger partial charge in [0.2, 0.25) is 11.8 Å². The predicted octanol–water partition coefficient (Wildman–Crippen LogP) is 4.08. The number of hydrogen-bond acceptors (Lipinski definition) is 8. The second-order valence-corrected chi connectivity index (χ2v) is 13.1. The van der Waals surface area contributed by atoms with Crippen LogP contribution in [0.4, 0.5) is 17.1 Å². The fourth-order valence-corrected chi connectivity index (χ4v) is 5.75. The minimum Gasteiger partial charge on any atom is -0.488 e. The number of ether oxygens (including phenoxy) is 1. The van der Waals surface area contributed by atoms with Gasteiger partial charge >= 0.3 is 0 Å². The molecule has 3 atom stereocenters. The van der Waals surface area contributed by atoms with E-state index in [2.05, 4.69) is 22.5 Å². The van der Waals surface area contributed by atoms with Gasteiger partial charge < -0.3 is 36.0 Å². The highest BCUT2D eigenvalue weighted by Gasteiger charge is 2.31. The summed E-state index contributed by atoms with van der Waals surface area (Å²) in [5.74, 6) is 0.139. The molecule has 11 heteroatoms. The molecule has 3 amide bonds. The van der Waals surface area contributed by atoms with Gasteiger partial charge in [-0.1, -0.05) is 31.2 Å². The summed E-state index contributed by atoms with van der Waals surface area (Å²) < 4.78 is 6.65. The van der Waals surface area contributed by atoms with E-state index >= 15 is 0 Å². The van der Waals surface area contributed by atoms with Crippen molar-refractivity contribution in [2.75, 3.05) is 63.8 Å². The van der Waals surface area contributed by atoms with Crippen molar-refractivity contribution in [3.05, 3.63) is 83.4 Å². The number of nitrogens with two attached hydrogens (primary N) is 1. The fourth-order valence-electron chi connectivity index (χ4n) is 5.75. The Morgan fingerprint density at radius 3 is 2.48 bits per heavy atom. The van der Waals surface area contributed by atoms with Crippen LogP contribution in [0.3, 0.4) is 0 Å². The van der Waals surface area contributed by atoms with Crippen molar-refractivity contribution in [1.29, 1.82) is 0 Å². The first-order valence-electron chi connectivity index (χ1n) is 16.5. The molecule has 0 saturated carbocycles. The fraction of sp³-hybridized carbons (Fsp3) is 0.432. The maximum absolute atomic E-state index is 13.6. The minimum absolute atomic E-state index is 0.0519. The second-order valence-electron chi connectivity index (χ2n) is 13.1. The van der Waals surface area contributed by atoms with Gasteiger partial charge in [-0.25, -0.2) is 0 Å². The molecule has 4 rings (SSSR count). The van der Waals surface area contributed by atoms with Crippen molar-refractivity contribution < 1.29 is 24.2 Å². The lowest BCUT2D eigenvalue weighted by Crippen LogP contribution is -2.47. The van der Waals surface area contributed by atoms with Gasteiger partial charge in [0.25, 0.3) is 5.91 Å². The van der Waals surface area contributed by atoms with Crippen LogP contribution in [-0.4, -0.2) is 97.1 Å². The first-order valence-corrected chi connectivity index (χ1v) is 16.5. The molecular weight excluding hydrogens is 608 g/mol. The van der Waals surface area contributed by atoms with E-state index in [1.54, 1.807) is 29.2 Å². The van der Waals surface area contributed by atoms with Crippen LogP contribution < -0.4 is 21.1 Å². The molecule has 0 radical (unpaired) electrons. The molecule has 1 aliphatic heterocycles. The van der Waals surface area contributed by atoms with Crippen molar-refractivity contribution in [2.24, 2.45) is 5.92 Å². The number of amides is 3. The van der Waals surface area contributed by atoms with Crippen LogP contribution in [0.2, 0.25) is 0 Å². The summed E-state index contributed by atoms with van der Waals surface area (Å²) in [6, 6.07) is 19.7. The molecule has 3 aromatic carbocycles. The number of nitrogens with zero attached hydrogens (tertiary/aromatic N) is 3. The molecule has 0 bridgehead atoms. The molecule has 0 saturated heterocycles. The van der Waals surface area contributed by atoms with Gasteiger partial charge in [0.15, 0.2) is 0 Å². The third kappa shape index (κ3) is 10.3. The Morgan fingerprint density at radius 2 is 1.79 bits per heavy atom. The van der Waals surface area contributed by atoms with Crippen LogP contribution in [0.1, 0.15) is 48.2 Å². The highest BCUT2D eigenvalue weighted by atomic mass is 16.5. The molecule has 258 valence electrons. The van der Waals surface area contributed by atoms with Crippen molar-refractivity contribution in [2.45, 2.75) is 51.8 Å². The topological polar surface area (TPSA) is 140 Å². The molecular formula is C37H50N6O5. The average Bonchev–Trinajstić information content (AvgIpc) is 3.09. The molecule has 0 aliphatic carbocycles. The third-order valence-corrected chi connectivity index (χ3v) is 8.58. The van der Waals surface area contributed by atoms with Crippen molar-refractivity contribution in [3.8, 4) is 5.75 Å². The predicted molar refractivity (Wildman–Crippen MR) is 190 cm³/mol. The maximum Gasteiger partial charge on any atom is 0.255 e. The number of carbonyl (C=O) groups is 3. The first-order chi connectivity index (χ1) is 22.9. The number of anilines is 3. The zero-order valence-corrected chi connectivity index (χ0v) is 28.7. The van der Waals surface area contributed by atoms with Gasteiger partial charge in [0.05, 0.1) is 30.4 Å². The van der Waals surface area contributed by atoms with Crippen LogP contribution in [0.25, 0.3) is 0 Å². The van der Waals surface area contributed by atoms with Gasteiger partial charge in [-0.2, -0.15) is 0 Å². The number of likely N-dealkylation sites (N-methyl/N-ethyl adjacent to an activating group) is 1. The van der Waals surface area contributed by atoms with E-state index < -0.39 is 0 Å². The van der Waals surface area contributed by atoms with E-state index in [-0.39, 0.29) is 48.8 Å². The van der Waals surface area contributed by atoms with Crippen LogP contribution in [0, 0.1) is 5.92 Å². The summed E-state index contributed by atoms with van der Waals surface area (Å²) in [7, 11) is 5.96. The molecule has 0 spiro atoms. The number of rotatable bonds is 13. The van der Waals surface area contributed by atoms with Crippen LogP contribution in [0.5, 0.6) is 5.75 Å². The Labute approximate surface area is 284 Å². The highest BCUT2D eigenvalue weighted by Crippen LogP contribution is 2.29. The molecule has 1 heterocycles. The molecule has 0 fully saturated rings. The van der Waals surface area contributed by atoms with Crippen molar-refractivity contribution in [1.82, 2.24) is 14.7 Å². The summed E-state index contributed by atoms with van der Waals surface area (Å²) in [4.78, 5) is 44.9. The van der Waals surface area contributed by atoms with Crippen molar-refractivity contribution >= 4 is 34.8 Å². The number of nitrogen functional groups attached to an aromatic ring is 1. The average molecular weight is 659 g/mol. The number of hydrogen-bond donors (Lipinski definition) is 4. The number of carbonyl (C=O) groups excluding carboxylic acids is 3. The lowest BCUT2D eigenvalue weighted by molar-refractivity contribution is -0.134. The second kappa shape index (κ2) is 17.1. The van der Waals surface area contributed by atoms with E-state index in [0.29, 0.717) is 60.0 Å². The number of para-hydroxylation sites is 2. The standard InChI is InChI=1S/C37H50N6O5/c1-25-21-43(26(2)24-44)36(46)20-29-19-30(39-35(45)11-8-18-41(3)4)16-17-33(29)48-34(25)23-42(5)22-27-12-14-28(15-13-27)37(47)40-32-10-7-6-9-31(32)38/h6-7,9-10,12-17,19,25-26,34,44H,8,11,18,20-24,38H2,1-5H3,(H,39,45)(H,40,47)/t25-,26+,34+/m1/s1. The zero-order valence-electron chi connectivity index (χ0n) is 28.7. The Bertz CT molecular complexity index is 1550. The zero-order chi connectivity index (χ0) is 34.8. The molecule has 11 nitrogen and oxygen atoms in total. The normalized spacial score (nSPS) is 17.2. The Hall–Kier alpha value is -4.45. The van der Waals surface area contributed by atoms with Gasteiger partial charge in [-0.05, 0) is 89.1 Å². The van der Waals surface area contributed by atoms with E-state index in [4.69, 9.17) is 10.5 Å². The summed E-state index contributed by atoms with van der Waals surface area (Å²) in [5, 5.41) is 15.8. The highest BCUT2D eigenvalue weighted by molar-refractivity contribution is 6.05. The lowest BCUT2D eigenvalue weighted by Gasteiger charge is -2.34. The third-order valence-electron chi connectivity index (χ3n) is 8.58. The minimum atomic E-state index is -0.353. The number of aliphatic hydroxyl groups is 1. The van der Waals surface area contributed by atoms with Crippen molar-refractivity contribution in [3.63, 3.8) is 0 Å². The van der Waals surface area contributed by atoms with Crippen LogP contribution in [-0.2, 0) is 22.6 Å². The Kier molecular flexibility index (Phi) is 13.0. The molecule has 48 heavy (non-hydrogen) atoms. The van der Waals surface area contributed by atoms with Gasteiger partial charge in [-0.3, -0.25) is 19.3 Å². The molecule has 5 N–H and O–H groups in total. The van der Waals surface area contributed by atoms with Gasteiger partial charge in [-0.15, -0.1) is 0 Å². The van der Waals surface area contributed by atoms with Gasteiger partial charge in [0.1, 0.15) is 11.9 Å². The van der Waals surface area contributed by atoms with Crippen LogP contribution >= 0.6 is 0 Å². The smallest absolute Gasteiger partial charge is 0.255 e. The molecule has 1 aliphatic rings. The summed E-state index contributed by atoms with van der Waals surface area (Å²) in [6.45, 7) is 6.18. The van der Waals surface area contributed by atoms with Crippen LogP contribution in [0.15, 0.2) is 66.7 Å². The number of nitrogens with one attached hydrogen (secondary N) is 2. The van der Waals surface area contributed by atoms with E-state index in [9.17, 15) is 19.5 Å². The summed E-state index contributed by atoms with van der Waals surface area (Å²) >= 11 is 0. The molecule has 0 aromatic heterocycles. The largest absolute Gasteiger partial charge is 0.488 e. The van der Waals surface area contributed by atoms with E-state index in [1.165, 1.54) is 0 Å². The number of benzene rings is 3.